The van der Waals surface area contributed by atoms with Crippen LogP contribution in [-0.4, -0.2) is 11.7 Å². The van der Waals surface area contributed by atoms with Crippen LogP contribution in [0.15, 0.2) is 34.4 Å². The number of rotatable bonds is 7. The fourth-order valence-corrected chi connectivity index (χ4v) is 2.02. The highest BCUT2D eigenvalue weighted by atomic mass is 16.2. The van der Waals surface area contributed by atoms with Crippen LogP contribution >= 0.6 is 0 Å². The molecule has 18 heavy (non-hydrogen) atoms. The second-order valence-electron chi connectivity index (χ2n) is 5.75. The summed E-state index contributed by atoms with van der Waals surface area (Å²) in [7, 11) is 0. The molecule has 0 rings (SSSR count). The van der Waals surface area contributed by atoms with Gasteiger partial charge in [-0.15, -0.1) is 0 Å². The molecular formula is C17H30O. The average molecular weight is 250 g/mol. The molecule has 1 heteroatoms. The van der Waals surface area contributed by atoms with Crippen molar-refractivity contribution in [3.8, 4) is 0 Å². The molecule has 104 valence electrons. The highest BCUT2D eigenvalue weighted by molar-refractivity contribution is 5.20. The quantitative estimate of drug-likeness (QED) is 0.496. The Hall–Kier alpha value is -0.820. The first-order valence-corrected chi connectivity index (χ1v) is 6.94. The minimum atomic E-state index is 0.130. The summed E-state index contributed by atoms with van der Waals surface area (Å²) in [6.07, 6.45) is 7.64. The maximum Gasteiger partial charge on any atom is 0.0617 e. The van der Waals surface area contributed by atoms with Crippen LogP contribution in [0.5, 0.6) is 0 Å². The van der Waals surface area contributed by atoms with E-state index in [2.05, 4.69) is 40.7 Å². The van der Waals surface area contributed by atoms with E-state index >= 15 is 0 Å². The van der Waals surface area contributed by atoms with E-state index in [0.717, 1.165) is 17.9 Å². The normalized spacial score (nSPS) is 14.6. The third-order valence-electron chi connectivity index (χ3n) is 3.42. The molecule has 0 aliphatic heterocycles. The molecule has 1 unspecified atom stereocenters. The fourth-order valence-electron chi connectivity index (χ4n) is 2.02. The Morgan fingerprint density at radius 1 is 1.11 bits per heavy atom. The zero-order chi connectivity index (χ0) is 14.1. The van der Waals surface area contributed by atoms with Gasteiger partial charge >= 0.3 is 0 Å². The molecule has 1 atom stereocenters. The molecule has 0 heterocycles. The summed E-state index contributed by atoms with van der Waals surface area (Å²) < 4.78 is 0. The van der Waals surface area contributed by atoms with Crippen molar-refractivity contribution in [2.75, 3.05) is 6.61 Å². The van der Waals surface area contributed by atoms with Gasteiger partial charge in [-0.25, -0.2) is 0 Å². The molecule has 1 nitrogen and oxygen atoms in total. The van der Waals surface area contributed by atoms with Crippen molar-refractivity contribution in [1.82, 2.24) is 0 Å². The summed E-state index contributed by atoms with van der Waals surface area (Å²) in [6, 6.07) is 0. The van der Waals surface area contributed by atoms with Gasteiger partial charge < -0.3 is 5.11 Å². The summed E-state index contributed by atoms with van der Waals surface area (Å²) in [5.41, 5.74) is 5.54. The third kappa shape index (κ3) is 8.30. The van der Waals surface area contributed by atoms with E-state index in [9.17, 15) is 0 Å². The summed E-state index contributed by atoms with van der Waals surface area (Å²) in [5.74, 6) is 0.720. The van der Waals surface area contributed by atoms with Crippen LogP contribution in [0, 0.1) is 5.92 Å². The van der Waals surface area contributed by atoms with Gasteiger partial charge in [0, 0.05) is 0 Å². The van der Waals surface area contributed by atoms with E-state index < -0.39 is 0 Å². The number of aliphatic hydroxyl groups is 1. The van der Waals surface area contributed by atoms with Crippen LogP contribution in [0.3, 0.4) is 0 Å². The predicted molar refractivity (Wildman–Crippen MR) is 81.7 cm³/mol. The highest BCUT2D eigenvalue weighted by Gasteiger charge is 2.04. The van der Waals surface area contributed by atoms with Crippen molar-refractivity contribution in [3.05, 3.63) is 34.4 Å². The topological polar surface area (TPSA) is 20.2 Å². The van der Waals surface area contributed by atoms with Gasteiger partial charge in [0.05, 0.1) is 6.61 Å². The zero-order valence-corrected chi connectivity index (χ0v) is 13.0. The summed E-state index contributed by atoms with van der Waals surface area (Å²) >= 11 is 0. The Labute approximate surface area is 113 Å². The fraction of sp³-hybridized carbons (Fsp3) is 0.647. The Balaban J connectivity index is 4.21. The molecule has 0 radical (unpaired) electrons. The number of aliphatic hydroxyl groups excluding tert-OH is 1. The molecule has 0 fully saturated rings. The van der Waals surface area contributed by atoms with Crippen molar-refractivity contribution < 1.29 is 5.11 Å². The molecule has 0 aliphatic rings. The smallest absolute Gasteiger partial charge is 0.0617 e. The lowest BCUT2D eigenvalue weighted by atomic mass is 9.93. The van der Waals surface area contributed by atoms with Gasteiger partial charge in [-0.3, -0.25) is 0 Å². The Morgan fingerprint density at radius 2 is 1.72 bits per heavy atom. The number of allylic oxidation sites excluding steroid dienone is 5. The van der Waals surface area contributed by atoms with Crippen LogP contribution in [0.2, 0.25) is 0 Å². The molecule has 0 saturated heterocycles. The van der Waals surface area contributed by atoms with Crippen molar-refractivity contribution in [2.45, 2.75) is 60.8 Å². The van der Waals surface area contributed by atoms with Crippen molar-refractivity contribution >= 4 is 0 Å². The van der Waals surface area contributed by atoms with Crippen molar-refractivity contribution in [3.63, 3.8) is 0 Å². The first-order chi connectivity index (χ1) is 8.36. The molecule has 0 amide bonds. The third-order valence-corrected chi connectivity index (χ3v) is 3.42. The molecule has 1 N–H and O–H groups in total. The Bertz CT molecular complexity index is 328. The second-order valence-corrected chi connectivity index (χ2v) is 5.75. The van der Waals surface area contributed by atoms with Crippen LogP contribution in [-0.2, 0) is 0 Å². The van der Waals surface area contributed by atoms with E-state index in [1.54, 1.807) is 0 Å². The van der Waals surface area contributed by atoms with E-state index in [0.29, 0.717) is 0 Å². The number of hydrogen-bond acceptors (Lipinski definition) is 1. The van der Waals surface area contributed by atoms with E-state index in [1.165, 1.54) is 29.6 Å². The minimum Gasteiger partial charge on any atom is -0.392 e. The molecule has 0 aromatic rings. The van der Waals surface area contributed by atoms with Gasteiger partial charge in [0.2, 0.25) is 0 Å². The lowest BCUT2D eigenvalue weighted by Gasteiger charge is -2.13. The van der Waals surface area contributed by atoms with Crippen LogP contribution in [0.4, 0.5) is 0 Å². The van der Waals surface area contributed by atoms with Crippen LogP contribution < -0.4 is 0 Å². The van der Waals surface area contributed by atoms with Gasteiger partial charge in [-0.1, -0.05) is 41.4 Å². The van der Waals surface area contributed by atoms with Gasteiger partial charge in [0.1, 0.15) is 0 Å². The van der Waals surface area contributed by atoms with Crippen LogP contribution in [0.25, 0.3) is 0 Å². The van der Waals surface area contributed by atoms with E-state index in [1.807, 2.05) is 13.0 Å². The lowest BCUT2D eigenvalue weighted by molar-refractivity contribution is 0.342. The van der Waals surface area contributed by atoms with Gasteiger partial charge in [0.15, 0.2) is 0 Å². The monoisotopic (exact) mass is 250 g/mol. The molecule has 0 saturated carbocycles. The standard InChI is InChI=1S/C17H30O/c1-13(2)17(6)8-7-14(3)11-16(5)12-15(4)9-10-18/h9,12,14,18H,7-8,10-11H2,1-6H3/b15-9+,16-12+. The number of hydrogen-bond donors (Lipinski definition) is 1. The molecule has 0 aliphatic carbocycles. The molecule has 0 bridgehead atoms. The van der Waals surface area contributed by atoms with Crippen LogP contribution in [0.1, 0.15) is 60.8 Å². The molecule has 0 aromatic heterocycles. The van der Waals surface area contributed by atoms with E-state index in [-0.39, 0.29) is 6.61 Å². The molecule has 0 aromatic carbocycles. The maximum absolute atomic E-state index is 8.82. The largest absolute Gasteiger partial charge is 0.392 e. The predicted octanol–water partition coefficient (Wildman–Crippen LogP) is 5.03. The van der Waals surface area contributed by atoms with Gasteiger partial charge in [-0.05, 0) is 59.8 Å². The summed E-state index contributed by atoms with van der Waals surface area (Å²) in [5, 5.41) is 8.82. The van der Waals surface area contributed by atoms with Gasteiger partial charge in [0.25, 0.3) is 0 Å². The molecular weight excluding hydrogens is 220 g/mol. The summed E-state index contributed by atoms with van der Waals surface area (Å²) in [4.78, 5) is 0. The van der Waals surface area contributed by atoms with E-state index in [4.69, 9.17) is 5.11 Å². The van der Waals surface area contributed by atoms with Gasteiger partial charge in [-0.2, -0.15) is 0 Å². The zero-order valence-electron chi connectivity index (χ0n) is 13.0. The van der Waals surface area contributed by atoms with Crippen molar-refractivity contribution in [2.24, 2.45) is 5.92 Å². The second kappa shape index (κ2) is 9.16. The lowest BCUT2D eigenvalue weighted by Crippen LogP contribution is -1.97. The SMILES string of the molecule is CC(C)=C(C)CCC(C)C/C(C)=C/C(C)=C/CO. The van der Waals surface area contributed by atoms with Crippen molar-refractivity contribution in [1.29, 1.82) is 0 Å². The molecule has 0 spiro atoms. The first kappa shape index (κ1) is 17.2. The maximum atomic E-state index is 8.82. The Morgan fingerprint density at radius 3 is 2.22 bits per heavy atom. The minimum absolute atomic E-state index is 0.130. The summed E-state index contributed by atoms with van der Waals surface area (Å²) in [6.45, 7) is 13.3. The highest BCUT2D eigenvalue weighted by Crippen LogP contribution is 2.21. The average Bonchev–Trinajstić information content (AvgIpc) is 2.25. The first-order valence-electron chi connectivity index (χ1n) is 6.94. The Kier molecular flexibility index (Phi) is 8.74.